The van der Waals surface area contributed by atoms with Gasteiger partial charge in [-0.1, -0.05) is 42.5 Å². The predicted octanol–water partition coefficient (Wildman–Crippen LogP) is 3.80. The molecule has 1 aromatic carbocycles. The zero-order valence-corrected chi connectivity index (χ0v) is 19.2. The normalized spacial score (nSPS) is 24.4. The zero-order chi connectivity index (χ0) is 23.3. The number of esters is 1. The predicted molar refractivity (Wildman–Crippen MR) is 124 cm³/mol. The van der Waals surface area contributed by atoms with E-state index in [1.54, 1.807) is 6.08 Å². The Bertz CT molecular complexity index is 714. The third-order valence-electron chi connectivity index (χ3n) is 5.59. The number of aliphatic hydroxyl groups excluding tert-OH is 3. The highest BCUT2D eigenvalue weighted by atomic mass is 16.5. The molecule has 0 aliphatic heterocycles. The minimum Gasteiger partial charge on any atom is -0.493 e. The molecule has 0 radical (unpaired) electrons. The largest absolute Gasteiger partial charge is 0.493 e. The second-order valence-corrected chi connectivity index (χ2v) is 8.65. The number of hydrogen-bond acceptors (Lipinski definition) is 6. The molecule has 1 fully saturated rings. The Morgan fingerprint density at radius 2 is 1.91 bits per heavy atom. The molecule has 0 heterocycles. The van der Waals surface area contributed by atoms with Crippen molar-refractivity contribution in [1.82, 2.24) is 0 Å². The van der Waals surface area contributed by atoms with Gasteiger partial charge >= 0.3 is 5.97 Å². The second kappa shape index (κ2) is 14.1. The number of carbonyl (C=O) groups is 1. The molecular formula is C26H38O6. The quantitative estimate of drug-likeness (QED) is 0.242. The molecule has 0 saturated heterocycles. The van der Waals surface area contributed by atoms with Gasteiger partial charge in [0.1, 0.15) is 5.75 Å². The van der Waals surface area contributed by atoms with Crippen molar-refractivity contribution in [1.29, 1.82) is 0 Å². The number of hydrogen-bond donors (Lipinski definition) is 3. The summed E-state index contributed by atoms with van der Waals surface area (Å²) >= 11 is 0. The average molecular weight is 447 g/mol. The van der Waals surface area contributed by atoms with Crippen molar-refractivity contribution >= 4 is 5.97 Å². The molecule has 0 bridgehead atoms. The summed E-state index contributed by atoms with van der Waals surface area (Å²) in [5, 5.41) is 30.9. The lowest BCUT2D eigenvalue weighted by molar-refractivity contribution is -0.147. The zero-order valence-electron chi connectivity index (χ0n) is 19.2. The summed E-state index contributed by atoms with van der Waals surface area (Å²) < 4.78 is 10.7. The first-order chi connectivity index (χ1) is 15.4. The Balaban J connectivity index is 1.73. The Morgan fingerprint density at radius 3 is 2.62 bits per heavy atom. The van der Waals surface area contributed by atoms with Gasteiger partial charge in [0.15, 0.2) is 0 Å². The van der Waals surface area contributed by atoms with Gasteiger partial charge in [-0.2, -0.15) is 0 Å². The van der Waals surface area contributed by atoms with Crippen LogP contribution < -0.4 is 4.74 Å². The molecule has 0 unspecified atom stereocenters. The Morgan fingerprint density at radius 1 is 1.16 bits per heavy atom. The van der Waals surface area contributed by atoms with Crippen LogP contribution in [0.25, 0.3) is 0 Å². The Labute approximate surface area is 191 Å². The van der Waals surface area contributed by atoms with Crippen molar-refractivity contribution < 1.29 is 29.6 Å². The van der Waals surface area contributed by atoms with Crippen LogP contribution in [0.5, 0.6) is 5.75 Å². The number of rotatable bonds is 13. The van der Waals surface area contributed by atoms with Crippen LogP contribution in [0, 0.1) is 11.8 Å². The highest BCUT2D eigenvalue weighted by molar-refractivity contribution is 5.69. The van der Waals surface area contributed by atoms with Gasteiger partial charge in [-0.25, -0.2) is 0 Å². The van der Waals surface area contributed by atoms with Gasteiger partial charge in [0, 0.05) is 25.2 Å². The van der Waals surface area contributed by atoms with E-state index in [-0.39, 0.29) is 23.9 Å². The number of para-hydroxylation sites is 1. The van der Waals surface area contributed by atoms with E-state index in [1.165, 1.54) is 0 Å². The average Bonchev–Trinajstić information content (AvgIpc) is 3.01. The van der Waals surface area contributed by atoms with Gasteiger partial charge in [0.2, 0.25) is 0 Å². The topological polar surface area (TPSA) is 96.2 Å². The fourth-order valence-electron chi connectivity index (χ4n) is 3.93. The smallest absolute Gasteiger partial charge is 0.306 e. The third kappa shape index (κ3) is 9.55. The minimum absolute atomic E-state index is 0.0896. The monoisotopic (exact) mass is 446 g/mol. The van der Waals surface area contributed by atoms with Crippen molar-refractivity contribution in [2.24, 2.45) is 11.8 Å². The number of carbonyl (C=O) groups excluding carboxylic acids is 1. The van der Waals surface area contributed by atoms with E-state index in [0.29, 0.717) is 32.3 Å². The van der Waals surface area contributed by atoms with Gasteiger partial charge in [0.25, 0.3) is 0 Å². The lowest BCUT2D eigenvalue weighted by Gasteiger charge is -2.19. The fourth-order valence-corrected chi connectivity index (χ4v) is 3.93. The summed E-state index contributed by atoms with van der Waals surface area (Å²) in [5.41, 5.74) is 0. The maximum Gasteiger partial charge on any atom is 0.306 e. The van der Waals surface area contributed by atoms with E-state index in [0.717, 1.165) is 18.6 Å². The molecule has 0 amide bonds. The SMILES string of the molecule is CC(C)OC(=O)CCC/C=C\C[C@@H]1[C@@H](/C=C/[C@H](O)CCOc2ccccc2)[C@H](O)C[C@@H]1O. The van der Waals surface area contributed by atoms with Crippen LogP contribution in [-0.4, -0.2) is 52.3 Å². The summed E-state index contributed by atoms with van der Waals surface area (Å²) in [7, 11) is 0. The first kappa shape index (κ1) is 26.1. The van der Waals surface area contributed by atoms with Crippen LogP contribution in [0.3, 0.4) is 0 Å². The van der Waals surface area contributed by atoms with E-state index in [4.69, 9.17) is 9.47 Å². The maximum atomic E-state index is 11.5. The van der Waals surface area contributed by atoms with Crippen LogP contribution >= 0.6 is 0 Å². The molecule has 0 spiro atoms. The van der Waals surface area contributed by atoms with Gasteiger partial charge in [-0.3, -0.25) is 4.79 Å². The van der Waals surface area contributed by atoms with E-state index >= 15 is 0 Å². The van der Waals surface area contributed by atoms with E-state index in [1.807, 2.05) is 62.4 Å². The fraction of sp³-hybridized carbons (Fsp3) is 0.577. The number of aliphatic hydroxyl groups is 3. The van der Waals surface area contributed by atoms with Crippen molar-refractivity contribution in [2.45, 2.75) is 76.8 Å². The van der Waals surface area contributed by atoms with Gasteiger partial charge in [0.05, 0.1) is 31.0 Å². The summed E-state index contributed by atoms with van der Waals surface area (Å²) in [5.74, 6) is 0.277. The van der Waals surface area contributed by atoms with Crippen LogP contribution in [0.1, 0.15) is 52.4 Å². The van der Waals surface area contributed by atoms with Crippen LogP contribution in [0.2, 0.25) is 0 Å². The molecule has 1 aromatic rings. The molecule has 3 N–H and O–H groups in total. The molecule has 0 aromatic heterocycles. The highest BCUT2D eigenvalue weighted by Crippen LogP contribution is 2.36. The van der Waals surface area contributed by atoms with Crippen molar-refractivity contribution in [2.75, 3.05) is 6.61 Å². The second-order valence-electron chi connectivity index (χ2n) is 8.65. The van der Waals surface area contributed by atoms with Gasteiger partial charge < -0.3 is 24.8 Å². The summed E-state index contributed by atoms with van der Waals surface area (Å²) in [4.78, 5) is 11.5. The Hall–Kier alpha value is -2.15. The van der Waals surface area contributed by atoms with Crippen LogP contribution in [-0.2, 0) is 9.53 Å². The first-order valence-corrected chi connectivity index (χ1v) is 11.6. The summed E-state index contributed by atoms with van der Waals surface area (Å²) in [6.45, 7) is 4.06. The molecule has 6 nitrogen and oxygen atoms in total. The lowest BCUT2D eigenvalue weighted by atomic mass is 9.89. The van der Waals surface area contributed by atoms with E-state index < -0.39 is 18.3 Å². The van der Waals surface area contributed by atoms with Crippen LogP contribution in [0.4, 0.5) is 0 Å². The molecule has 1 aliphatic rings. The van der Waals surface area contributed by atoms with E-state index in [9.17, 15) is 20.1 Å². The molecular weight excluding hydrogens is 408 g/mol. The first-order valence-electron chi connectivity index (χ1n) is 11.6. The molecule has 1 aliphatic carbocycles. The molecule has 32 heavy (non-hydrogen) atoms. The molecule has 178 valence electrons. The van der Waals surface area contributed by atoms with E-state index in [2.05, 4.69) is 0 Å². The van der Waals surface area contributed by atoms with Crippen molar-refractivity contribution in [3.63, 3.8) is 0 Å². The number of allylic oxidation sites excluding steroid dienone is 2. The third-order valence-corrected chi connectivity index (χ3v) is 5.59. The number of unbranched alkanes of at least 4 members (excludes halogenated alkanes) is 1. The highest BCUT2D eigenvalue weighted by Gasteiger charge is 2.39. The minimum atomic E-state index is -0.676. The molecule has 1 saturated carbocycles. The maximum absolute atomic E-state index is 11.5. The number of ether oxygens (including phenoxy) is 2. The van der Waals surface area contributed by atoms with Gasteiger partial charge in [-0.15, -0.1) is 0 Å². The Kier molecular flexibility index (Phi) is 11.5. The lowest BCUT2D eigenvalue weighted by Crippen LogP contribution is -2.20. The standard InChI is InChI=1S/C26H38O6/c1-19(2)32-26(30)13-9-4-3-8-12-22-23(25(29)18-24(22)28)15-14-20(27)16-17-31-21-10-6-5-7-11-21/h3,5-8,10-11,14-15,19-20,22-25,27-29H,4,9,12-13,16-18H2,1-2H3/b8-3-,15-14+/t20-,22+,23+,24-,25+/m0/s1. The summed E-state index contributed by atoms with van der Waals surface area (Å²) in [6, 6.07) is 9.45. The summed E-state index contributed by atoms with van der Waals surface area (Å²) in [6.07, 6.45) is 8.86. The molecule has 5 atom stereocenters. The molecule has 2 rings (SSSR count). The number of benzene rings is 1. The van der Waals surface area contributed by atoms with Crippen molar-refractivity contribution in [3.05, 3.63) is 54.6 Å². The van der Waals surface area contributed by atoms with Gasteiger partial charge in [-0.05, 0) is 51.2 Å². The van der Waals surface area contributed by atoms with Crippen molar-refractivity contribution in [3.8, 4) is 5.75 Å². The molecule has 6 heteroatoms. The van der Waals surface area contributed by atoms with Crippen LogP contribution in [0.15, 0.2) is 54.6 Å².